The first-order chi connectivity index (χ1) is 5.43. The molecule has 1 aromatic heterocycles. The van der Waals surface area contributed by atoms with Gasteiger partial charge in [0.1, 0.15) is 12.2 Å². The van der Waals surface area contributed by atoms with Crippen LogP contribution in [0.3, 0.4) is 0 Å². The Hall–Kier alpha value is -1.30. The molecule has 1 rings (SSSR count). The molecular formula is C8H13N3. The fourth-order valence-corrected chi connectivity index (χ4v) is 0.542. The SMILES string of the molecule is C#CCCc1ncn[nH]1.CC. The van der Waals surface area contributed by atoms with E-state index in [1.807, 2.05) is 13.8 Å². The van der Waals surface area contributed by atoms with E-state index in [0.717, 1.165) is 18.7 Å². The molecule has 0 atom stereocenters. The molecule has 60 valence electrons. The largest absolute Gasteiger partial charge is 0.263 e. The standard InChI is InChI=1S/C6H7N3.C2H6/c1-2-3-4-6-7-5-8-9-6;1-2/h1,5H,3-4H2,(H,7,8,9);1-2H3. The van der Waals surface area contributed by atoms with E-state index in [1.54, 1.807) is 0 Å². The molecule has 1 aromatic rings. The monoisotopic (exact) mass is 151 g/mol. The second-order valence-corrected chi connectivity index (χ2v) is 1.64. The molecule has 11 heavy (non-hydrogen) atoms. The number of nitrogens with one attached hydrogen (secondary N) is 1. The van der Waals surface area contributed by atoms with E-state index in [2.05, 4.69) is 21.1 Å². The Morgan fingerprint density at radius 2 is 2.36 bits per heavy atom. The van der Waals surface area contributed by atoms with Gasteiger partial charge in [0.25, 0.3) is 0 Å². The van der Waals surface area contributed by atoms with Gasteiger partial charge in [0.05, 0.1) is 0 Å². The summed E-state index contributed by atoms with van der Waals surface area (Å²) in [5.41, 5.74) is 0. The molecule has 0 unspecified atom stereocenters. The number of nitrogens with zero attached hydrogens (tertiary/aromatic N) is 2. The van der Waals surface area contributed by atoms with Crippen LogP contribution in [0.15, 0.2) is 6.33 Å². The Morgan fingerprint density at radius 3 is 2.82 bits per heavy atom. The topological polar surface area (TPSA) is 41.6 Å². The highest BCUT2D eigenvalue weighted by atomic mass is 15.2. The van der Waals surface area contributed by atoms with Crippen LogP contribution in [0.2, 0.25) is 0 Å². The van der Waals surface area contributed by atoms with Gasteiger partial charge in [-0.05, 0) is 0 Å². The lowest BCUT2D eigenvalue weighted by atomic mass is 10.3. The van der Waals surface area contributed by atoms with E-state index in [-0.39, 0.29) is 0 Å². The van der Waals surface area contributed by atoms with Gasteiger partial charge in [0, 0.05) is 12.8 Å². The predicted octanol–water partition coefficient (Wildman–Crippen LogP) is 1.40. The van der Waals surface area contributed by atoms with Crippen LogP contribution < -0.4 is 0 Å². The second kappa shape index (κ2) is 6.81. The highest BCUT2D eigenvalue weighted by molar-refractivity contribution is 4.90. The number of hydrogen-bond acceptors (Lipinski definition) is 2. The van der Waals surface area contributed by atoms with Crippen molar-refractivity contribution in [1.29, 1.82) is 0 Å². The molecule has 0 aliphatic heterocycles. The van der Waals surface area contributed by atoms with Crippen LogP contribution >= 0.6 is 0 Å². The third kappa shape index (κ3) is 4.15. The smallest absolute Gasteiger partial charge is 0.137 e. The number of aromatic amines is 1. The van der Waals surface area contributed by atoms with E-state index in [4.69, 9.17) is 6.42 Å². The molecule has 0 fully saturated rings. The molecule has 0 spiro atoms. The molecule has 0 aliphatic rings. The van der Waals surface area contributed by atoms with Gasteiger partial charge in [-0.1, -0.05) is 13.8 Å². The predicted molar refractivity (Wildman–Crippen MR) is 44.9 cm³/mol. The summed E-state index contributed by atoms with van der Waals surface area (Å²) in [7, 11) is 0. The van der Waals surface area contributed by atoms with Crippen molar-refractivity contribution in [2.45, 2.75) is 26.7 Å². The van der Waals surface area contributed by atoms with Crippen LogP contribution in [-0.2, 0) is 6.42 Å². The van der Waals surface area contributed by atoms with Crippen molar-refractivity contribution in [3.8, 4) is 12.3 Å². The van der Waals surface area contributed by atoms with Crippen molar-refractivity contribution >= 4 is 0 Å². The fourth-order valence-electron chi connectivity index (χ4n) is 0.542. The number of terminal acetylenes is 1. The summed E-state index contributed by atoms with van der Waals surface area (Å²) < 4.78 is 0. The van der Waals surface area contributed by atoms with E-state index >= 15 is 0 Å². The highest BCUT2D eigenvalue weighted by Crippen LogP contribution is 1.89. The van der Waals surface area contributed by atoms with Crippen molar-refractivity contribution < 1.29 is 0 Å². The Balaban J connectivity index is 0.000000461. The van der Waals surface area contributed by atoms with E-state index < -0.39 is 0 Å². The second-order valence-electron chi connectivity index (χ2n) is 1.64. The van der Waals surface area contributed by atoms with E-state index in [1.165, 1.54) is 6.33 Å². The molecule has 0 saturated heterocycles. The quantitative estimate of drug-likeness (QED) is 0.649. The average molecular weight is 151 g/mol. The van der Waals surface area contributed by atoms with E-state index in [9.17, 15) is 0 Å². The third-order valence-electron chi connectivity index (χ3n) is 0.971. The average Bonchev–Trinajstić information content (AvgIpc) is 2.57. The Bertz CT molecular complexity index is 196. The molecule has 3 heteroatoms. The number of rotatable bonds is 2. The fraction of sp³-hybridized carbons (Fsp3) is 0.500. The van der Waals surface area contributed by atoms with Crippen molar-refractivity contribution in [2.24, 2.45) is 0 Å². The van der Waals surface area contributed by atoms with Crippen LogP contribution in [0, 0.1) is 12.3 Å². The summed E-state index contributed by atoms with van der Waals surface area (Å²) >= 11 is 0. The molecule has 0 bridgehead atoms. The van der Waals surface area contributed by atoms with Crippen LogP contribution in [0.25, 0.3) is 0 Å². The minimum atomic E-state index is 0.717. The number of H-pyrrole nitrogens is 1. The summed E-state index contributed by atoms with van der Waals surface area (Å²) in [6, 6.07) is 0. The first-order valence-electron chi connectivity index (χ1n) is 3.71. The highest BCUT2D eigenvalue weighted by Gasteiger charge is 1.90. The molecule has 0 radical (unpaired) electrons. The normalized spacial score (nSPS) is 7.73. The first kappa shape index (κ1) is 9.70. The Kier molecular flexibility index (Phi) is 6.01. The van der Waals surface area contributed by atoms with Gasteiger partial charge in [0.2, 0.25) is 0 Å². The number of aryl methyl sites for hydroxylation is 1. The van der Waals surface area contributed by atoms with Crippen molar-refractivity contribution in [1.82, 2.24) is 15.2 Å². The lowest BCUT2D eigenvalue weighted by Gasteiger charge is -1.84. The van der Waals surface area contributed by atoms with Gasteiger partial charge in [-0.2, -0.15) is 5.10 Å². The summed E-state index contributed by atoms with van der Waals surface area (Å²) in [4.78, 5) is 3.89. The molecule has 1 heterocycles. The van der Waals surface area contributed by atoms with Crippen LogP contribution in [0.1, 0.15) is 26.1 Å². The third-order valence-corrected chi connectivity index (χ3v) is 0.971. The summed E-state index contributed by atoms with van der Waals surface area (Å²) in [5.74, 6) is 3.37. The maximum absolute atomic E-state index is 5.03. The molecular weight excluding hydrogens is 138 g/mol. The van der Waals surface area contributed by atoms with Crippen LogP contribution in [-0.4, -0.2) is 15.2 Å². The summed E-state index contributed by atoms with van der Waals surface area (Å²) in [6.45, 7) is 4.00. The molecule has 0 amide bonds. The van der Waals surface area contributed by atoms with Gasteiger partial charge in [-0.15, -0.1) is 12.3 Å². The van der Waals surface area contributed by atoms with Crippen LogP contribution in [0.4, 0.5) is 0 Å². The number of hydrogen-bond donors (Lipinski definition) is 1. The Labute approximate surface area is 67.2 Å². The minimum absolute atomic E-state index is 0.717. The van der Waals surface area contributed by atoms with Gasteiger partial charge < -0.3 is 0 Å². The first-order valence-corrected chi connectivity index (χ1v) is 3.71. The lowest BCUT2D eigenvalue weighted by Crippen LogP contribution is -1.85. The number of aromatic nitrogens is 3. The van der Waals surface area contributed by atoms with Gasteiger partial charge >= 0.3 is 0 Å². The zero-order valence-corrected chi connectivity index (χ0v) is 6.96. The maximum atomic E-state index is 5.03. The molecule has 0 saturated carbocycles. The van der Waals surface area contributed by atoms with E-state index in [0.29, 0.717) is 0 Å². The maximum Gasteiger partial charge on any atom is 0.137 e. The lowest BCUT2D eigenvalue weighted by molar-refractivity contribution is 0.899. The van der Waals surface area contributed by atoms with Crippen molar-refractivity contribution in [2.75, 3.05) is 0 Å². The molecule has 0 aliphatic carbocycles. The zero-order valence-electron chi connectivity index (χ0n) is 6.96. The van der Waals surface area contributed by atoms with Gasteiger partial charge in [-0.25, -0.2) is 4.98 Å². The molecule has 3 nitrogen and oxygen atoms in total. The van der Waals surface area contributed by atoms with Crippen molar-refractivity contribution in [3.05, 3.63) is 12.2 Å². The summed E-state index contributed by atoms with van der Waals surface area (Å²) in [5, 5.41) is 6.39. The summed E-state index contributed by atoms with van der Waals surface area (Å²) in [6.07, 6.45) is 8.02. The van der Waals surface area contributed by atoms with Crippen LogP contribution in [0.5, 0.6) is 0 Å². The van der Waals surface area contributed by atoms with Crippen molar-refractivity contribution in [3.63, 3.8) is 0 Å². The zero-order chi connectivity index (χ0) is 8.53. The molecule has 0 aromatic carbocycles. The molecule has 1 N–H and O–H groups in total. The minimum Gasteiger partial charge on any atom is -0.263 e. The van der Waals surface area contributed by atoms with Gasteiger partial charge in [-0.3, -0.25) is 5.10 Å². The van der Waals surface area contributed by atoms with Gasteiger partial charge in [0.15, 0.2) is 0 Å². The Morgan fingerprint density at radius 1 is 1.64 bits per heavy atom.